The van der Waals surface area contributed by atoms with Crippen molar-refractivity contribution in [2.75, 3.05) is 5.32 Å². The van der Waals surface area contributed by atoms with E-state index in [2.05, 4.69) is 11.4 Å². The largest absolute Gasteiger partial charge is 0.489 e. The fraction of sp³-hybridized carbons (Fsp3) is 0.130. The van der Waals surface area contributed by atoms with Crippen molar-refractivity contribution in [3.63, 3.8) is 0 Å². The zero-order valence-electron chi connectivity index (χ0n) is 16.6. The van der Waals surface area contributed by atoms with Gasteiger partial charge >= 0.3 is 0 Å². The highest BCUT2D eigenvalue weighted by atomic mass is 19.1. The first kappa shape index (κ1) is 21.5. The van der Waals surface area contributed by atoms with Gasteiger partial charge in [0.1, 0.15) is 18.2 Å². The lowest BCUT2D eigenvalue weighted by Gasteiger charge is -2.13. The molecule has 0 radical (unpaired) electrons. The molecule has 0 aromatic heterocycles. The van der Waals surface area contributed by atoms with E-state index >= 15 is 0 Å². The van der Waals surface area contributed by atoms with E-state index in [1.54, 1.807) is 48.5 Å². The maximum absolute atomic E-state index is 14.0. The number of hydrogen-bond acceptors (Lipinski definition) is 5. The topological polar surface area (TPSA) is 105 Å². The van der Waals surface area contributed by atoms with Crippen LogP contribution in [0.1, 0.15) is 27.0 Å². The Bertz CT molecular complexity index is 1170. The second-order valence-electron chi connectivity index (χ2n) is 6.74. The molecular weight excluding hydrogens is 401 g/mol. The Morgan fingerprint density at radius 2 is 1.90 bits per heavy atom. The molecular formula is C23H18FN3O4. The summed E-state index contributed by atoms with van der Waals surface area (Å²) in [5.41, 5.74) is 1.24. The Labute approximate surface area is 177 Å². The molecule has 31 heavy (non-hydrogen) atoms. The molecule has 0 heterocycles. The van der Waals surface area contributed by atoms with Crippen molar-refractivity contribution in [3.8, 4) is 11.8 Å². The quantitative estimate of drug-likeness (QED) is 0.431. The summed E-state index contributed by atoms with van der Waals surface area (Å²) in [5.74, 6) is -0.898. The molecule has 0 aliphatic carbocycles. The van der Waals surface area contributed by atoms with Crippen LogP contribution in [0, 0.1) is 34.2 Å². The van der Waals surface area contributed by atoms with E-state index in [-0.39, 0.29) is 17.7 Å². The Hall–Kier alpha value is -4.25. The highest BCUT2D eigenvalue weighted by Gasteiger charge is 2.20. The van der Waals surface area contributed by atoms with E-state index in [1.807, 2.05) is 0 Å². The van der Waals surface area contributed by atoms with Crippen molar-refractivity contribution < 1.29 is 18.8 Å². The number of rotatable bonds is 7. The molecule has 0 saturated carbocycles. The van der Waals surface area contributed by atoms with Gasteiger partial charge in [0.2, 0.25) is 0 Å². The third kappa shape index (κ3) is 5.22. The van der Waals surface area contributed by atoms with Crippen molar-refractivity contribution in [2.45, 2.75) is 20.0 Å². The molecule has 8 heteroatoms. The van der Waals surface area contributed by atoms with E-state index in [1.165, 1.54) is 6.92 Å². The molecule has 3 aromatic rings. The third-order valence-corrected chi connectivity index (χ3v) is 4.64. The first-order valence-corrected chi connectivity index (χ1v) is 9.31. The van der Waals surface area contributed by atoms with Gasteiger partial charge in [-0.05, 0) is 36.8 Å². The first-order valence-electron chi connectivity index (χ1n) is 9.31. The summed E-state index contributed by atoms with van der Waals surface area (Å²) in [6, 6.07) is 18.1. The van der Waals surface area contributed by atoms with Crippen molar-refractivity contribution in [2.24, 2.45) is 0 Å². The SMILES string of the molecule is Cc1c(F)cc(C(=O)Nc2ccccc2COc2ccc(CC#N)cc2)cc1[N+](=O)[O-]. The van der Waals surface area contributed by atoms with E-state index in [4.69, 9.17) is 10.00 Å². The fourth-order valence-electron chi connectivity index (χ4n) is 2.90. The number of para-hydroxylation sites is 1. The number of carbonyl (C=O) groups excluding carboxylic acids is 1. The average Bonchev–Trinajstić information content (AvgIpc) is 2.76. The standard InChI is InChI=1S/C23H18FN3O4/c1-15-20(24)12-18(13-22(15)27(29)30)23(28)26-21-5-3-2-4-17(21)14-31-19-8-6-16(7-9-19)10-11-25/h2-9,12-13H,10,14H2,1H3,(H,26,28). The zero-order valence-corrected chi connectivity index (χ0v) is 16.6. The maximum Gasteiger partial charge on any atom is 0.276 e. The van der Waals surface area contributed by atoms with Gasteiger partial charge in [-0.25, -0.2) is 4.39 Å². The number of amides is 1. The van der Waals surface area contributed by atoms with Crippen molar-refractivity contribution in [3.05, 3.63) is 98.8 Å². The smallest absolute Gasteiger partial charge is 0.276 e. The van der Waals surface area contributed by atoms with Gasteiger partial charge < -0.3 is 10.1 Å². The van der Waals surface area contributed by atoms with Gasteiger partial charge in [-0.3, -0.25) is 14.9 Å². The summed E-state index contributed by atoms with van der Waals surface area (Å²) in [6.45, 7) is 1.44. The van der Waals surface area contributed by atoms with Gasteiger partial charge in [0.05, 0.1) is 23.0 Å². The number of hydrogen-bond donors (Lipinski definition) is 1. The minimum atomic E-state index is -0.823. The molecule has 156 valence electrons. The second kappa shape index (κ2) is 9.50. The molecule has 1 N–H and O–H groups in total. The maximum atomic E-state index is 14.0. The van der Waals surface area contributed by atoms with Gasteiger partial charge in [-0.2, -0.15) is 5.26 Å². The predicted octanol–water partition coefficient (Wildman–Crippen LogP) is 4.94. The predicted molar refractivity (Wildman–Crippen MR) is 112 cm³/mol. The normalized spacial score (nSPS) is 10.2. The van der Waals surface area contributed by atoms with Crippen LogP contribution in [0.15, 0.2) is 60.7 Å². The Balaban J connectivity index is 1.75. The van der Waals surface area contributed by atoms with Gasteiger partial charge in [0, 0.05) is 22.9 Å². The minimum Gasteiger partial charge on any atom is -0.489 e. The lowest BCUT2D eigenvalue weighted by molar-refractivity contribution is -0.385. The molecule has 0 bridgehead atoms. The molecule has 3 aromatic carbocycles. The summed E-state index contributed by atoms with van der Waals surface area (Å²) in [7, 11) is 0. The second-order valence-corrected chi connectivity index (χ2v) is 6.74. The number of nitriles is 1. The number of carbonyl (C=O) groups is 1. The van der Waals surface area contributed by atoms with Crippen molar-refractivity contribution in [1.82, 2.24) is 0 Å². The monoisotopic (exact) mass is 419 g/mol. The molecule has 0 fully saturated rings. The lowest BCUT2D eigenvalue weighted by Crippen LogP contribution is -2.15. The summed E-state index contributed by atoms with van der Waals surface area (Å²) in [4.78, 5) is 23.0. The van der Waals surface area contributed by atoms with Crippen molar-refractivity contribution >= 4 is 17.3 Å². The minimum absolute atomic E-state index is 0.129. The van der Waals surface area contributed by atoms with Gasteiger partial charge in [0.15, 0.2) is 0 Å². The van der Waals surface area contributed by atoms with Crippen LogP contribution < -0.4 is 10.1 Å². The van der Waals surface area contributed by atoms with Crippen LogP contribution in [0.4, 0.5) is 15.8 Å². The summed E-state index contributed by atoms with van der Waals surface area (Å²) >= 11 is 0. The van der Waals surface area contributed by atoms with Crippen LogP contribution in [0.5, 0.6) is 5.75 Å². The van der Waals surface area contributed by atoms with E-state index < -0.39 is 22.3 Å². The van der Waals surface area contributed by atoms with Crippen LogP contribution in [0.3, 0.4) is 0 Å². The molecule has 0 aliphatic rings. The number of nitrogens with zero attached hydrogens (tertiary/aromatic N) is 2. The molecule has 7 nitrogen and oxygen atoms in total. The Morgan fingerprint density at radius 1 is 1.19 bits per heavy atom. The Morgan fingerprint density at radius 3 is 2.58 bits per heavy atom. The highest BCUT2D eigenvalue weighted by molar-refractivity contribution is 6.05. The molecule has 0 aliphatic heterocycles. The summed E-state index contributed by atoms with van der Waals surface area (Å²) < 4.78 is 19.8. The number of benzene rings is 3. The highest BCUT2D eigenvalue weighted by Crippen LogP contribution is 2.25. The van der Waals surface area contributed by atoms with Crippen LogP contribution >= 0.6 is 0 Å². The summed E-state index contributed by atoms with van der Waals surface area (Å²) in [6.07, 6.45) is 0.312. The molecule has 0 unspecified atom stereocenters. The van der Waals surface area contributed by atoms with Crippen molar-refractivity contribution in [1.29, 1.82) is 5.26 Å². The van der Waals surface area contributed by atoms with E-state index in [0.29, 0.717) is 23.4 Å². The Kier molecular flexibility index (Phi) is 6.58. The summed E-state index contributed by atoms with van der Waals surface area (Å²) in [5, 5.41) is 22.5. The first-order chi connectivity index (χ1) is 14.9. The molecule has 1 amide bonds. The fourth-order valence-corrected chi connectivity index (χ4v) is 2.90. The number of nitro groups is 1. The van der Waals surface area contributed by atoms with Gasteiger partial charge in [-0.15, -0.1) is 0 Å². The van der Waals surface area contributed by atoms with Gasteiger partial charge in [-0.1, -0.05) is 30.3 Å². The molecule has 0 atom stereocenters. The average molecular weight is 419 g/mol. The molecule has 3 rings (SSSR count). The zero-order chi connectivity index (χ0) is 22.4. The number of halogens is 1. The molecule has 0 saturated heterocycles. The number of ether oxygens (including phenoxy) is 1. The number of anilines is 1. The van der Waals surface area contributed by atoms with E-state index in [9.17, 15) is 19.3 Å². The van der Waals surface area contributed by atoms with Crippen LogP contribution in [-0.4, -0.2) is 10.8 Å². The van der Waals surface area contributed by atoms with Crippen LogP contribution in [-0.2, 0) is 13.0 Å². The van der Waals surface area contributed by atoms with Crippen LogP contribution in [0.25, 0.3) is 0 Å². The third-order valence-electron chi connectivity index (χ3n) is 4.64. The number of nitrogens with one attached hydrogen (secondary N) is 1. The lowest BCUT2D eigenvalue weighted by atomic mass is 10.1. The molecule has 0 spiro atoms. The van der Waals surface area contributed by atoms with Gasteiger partial charge in [0.25, 0.3) is 11.6 Å². The van der Waals surface area contributed by atoms with Crippen LogP contribution in [0.2, 0.25) is 0 Å². The van der Waals surface area contributed by atoms with E-state index in [0.717, 1.165) is 17.7 Å². The number of nitro benzene ring substituents is 1.